The average Bonchev–Trinajstić information content (AvgIpc) is 3.07. The van der Waals surface area contributed by atoms with Crippen molar-refractivity contribution in [2.75, 3.05) is 26.3 Å². The number of hydrogen-bond acceptors (Lipinski definition) is 5. The molecule has 6 heteroatoms. The van der Waals surface area contributed by atoms with Crippen LogP contribution >= 0.6 is 11.3 Å². The summed E-state index contributed by atoms with van der Waals surface area (Å²) in [6.07, 6.45) is 2.22. The maximum atomic E-state index is 11.8. The molecule has 0 spiro atoms. The lowest BCUT2D eigenvalue weighted by Crippen LogP contribution is -2.35. The highest BCUT2D eigenvalue weighted by molar-refractivity contribution is 7.09. The van der Waals surface area contributed by atoms with E-state index in [2.05, 4.69) is 15.2 Å². The first-order chi connectivity index (χ1) is 8.81. The van der Waals surface area contributed by atoms with Crippen molar-refractivity contribution in [3.8, 4) is 0 Å². The van der Waals surface area contributed by atoms with Crippen LogP contribution in [0.1, 0.15) is 28.3 Å². The summed E-state index contributed by atoms with van der Waals surface area (Å²) >= 11 is 1.56. The molecule has 98 valence electrons. The van der Waals surface area contributed by atoms with E-state index < -0.39 is 0 Å². The van der Waals surface area contributed by atoms with E-state index in [4.69, 9.17) is 4.74 Å². The lowest BCUT2D eigenvalue weighted by atomic mass is 10.4. The molecule has 1 aromatic heterocycles. The van der Waals surface area contributed by atoms with Gasteiger partial charge < -0.3 is 10.1 Å². The minimum absolute atomic E-state index is 0.0259. The molecule has 0 aromatic carbocycles. The van der Waals surface area contributed by atoms with Gasteiger partial charge in [-0.15, -0.1) is 11.3 Å². The zero-order chi connectivity index (χ0) is 12.4. The minimum atomic E-state index is -0.0259. The summed E-state index contributed by atoms with van der Waals surface area (Å²) in [5.74, 6) is -0.0259. The van der Waals surface area contributed by atoms with Crippen molar-refractivity contribution in [1.82, 2.24) is 15.2 Å². The molecular weight excluding hydrogens is 250 g/mol. The standard InChI is InChI=1S/C12H17N3O2S/c16-12(13-9-1-2-9)10-8-18-11(14-10)7-15-3-5-17-6-4-15/h8-9H,1-7H2,(H,13,16). The van der Waals surface area contributed by atoms with Crippen LogP contribution in [0.25, 0.3) is 0 Å². The van der Waals surface area contributed by atoms with Crippen molar-refractivity contribution in [3.63, 3.8) is 0 Å². The Morgan fingerprint density at radius 1 is 1.50 bits per heavy atom. The zero-order valence-corrected chi connectivity index (χ0v) is 11.0. The van der Waals surface area contributed by atoms with Crippen molar-refractivity contribution in [1.29, 1.82) is 0 Å². The van der Waals surface area contributed by atoms with Crippen molar-refractivity contribution in [2.45, 2.75) is 25.4 Å². The van der Waals surface area contributed by atoms with E-state index >= 15 is 0 Å². The van der Waals surface area contributed by atoms with Crippen LogP contribution in [0.2, 0.25) is 0 Å². The Balaban J connectivity index is 1.56. The molecule has 0 atom stereocenters. The molecule has 1 N–H and O–H groups in total. The van der Waals surface area contributed by atoms with Gasteiger partial charge in [-0.3, -0.25) is 9.69 Å². The quantitative estimate of drug-likeness (QED) is 0.879. The molecule has 1 aliphatic carbocycles. The Labute approximate surface area is 110 Å². The topological polar surface area (TPSA) is 54.5 Å². The number of nitrogens with one attached hydrogen (secondary N) is 1. The van der Waals surface area contributed by atoms with Gasteiger partial charge in [0.05, 0.1) is 19.8 Å². The number of thiazole rings is 1. The normalized spacial score (nSPS) is 20.9. The summed E-state index contributed by atoms with van der Waals surface area (Å²) in [5, 5.41) is 5.83. The highest BCUT2D eigenvalue weighted by atomic mass is 32.1. The monoisotopic (exact) mass is 267 g/mol. The van der Waals surface area contributed by atoms with Gasteiger partial charge in [0.15, 0.2) is 0 Å². The van der Waals surface area contributed by atoms with E-state index in [0.717, 1.165) is 50.7 Å². The second-order valence-electron chi connectivity index (χ2n) is 4.76. The number of nitrogens with zero attached hydrogens (tertiary/aromatic N) is 2. The zero-order valence-electron chi connectivity index (χ0n) is 10.2. The number of aromatic nitrogens is 1. The Morgan fingerprint density at radius 2 is 2.28 bits per heavy atom. The predicted molar refractivity (Wildman–Crippen MR) is 68.7 cm³/mol. The molecule has 1 aromatic rings. The van der Waals surface area contributed by atoms with Gasteiger partial charge in [0, 0.05) is 24.5 Å². The van der Waals surface area contributed by atoms with Crippen LogP contribution in [-0.4, -0.2) is 48.1 Å². The Kier molecular flexibility index (Phi) is 3.58. The molecule has 1 saturated heterocycles. The van der Waals surface area contributed by atoms with E-state index in [1.807, 2.05) is 5.38 Å². The van der Waals surface area contributed by atoms with Crippen molar-refractivity contribution in [3.05, 3.63) is 16.1 Å². The largest absolute Gasteiger partial charge is 0.379 e. The van der Waals surface area contributed by atoms with Crippen LogP contribution in [0.3, 0.4) is 0 Å². The number of ether oxygens (including phenoxy) is 1. The number of morpholine rings is 1. The third kappa shape index (κ3) is 3.07. The maximum absolute atomic E-state index is 11.8. The number of hydrogen-bond donors (Lipinski definition) is 1. The summed E-state index contributed by atoms with van der Waals surface area (Å²) in [5.41, 5.74) is 0.565. The fourth-order valence-electron chi connectivity index (χ4n) is 1.93. The van der Waals surface area contributed by atoms with Crippen LogP contribution in [0.4, 0.5) is 0 Å². The Bertz CT molecular complexity index is 425. The smallest absolute Gasteiger partial charge is 0.270 e. The van der Waals surface area contributed by atoms with Gasteiger partial charge in [-0.1, -0.05) is 0 Å². The highest BCUT2D eigenvalue weighted by Crippen LogP contribution is 2.20. The van der Waals surface area contributed by atoms with E-state index in [1.54, 1.807) is 11.3 Å². The SMILES string of the molecule is O=C(NC1CC1)c1csc(CN2CCOCC2)n1. The summed E-state index contributed by atoms with van der Waals surface area (Å²) in [6.45, 7) is 4.30. The van der Waals surface area contributed by atoms with Crippen molar-refractivity contribution < 1.29 is 9.53 Å². The van der Waals surface area contributed by atoms with E-state index in [9.17, 15) is 4.79 Å². The lowest BCUT2D eigenvalue weighted by molar-refractivity contribution is 0.0341. The van der Waals surface area contributed by atoms with E-state index in [-0.39, 0.29) is 5.91 Å². The second-order valence-corrected chi connectivity index (χ2v) is 5.71. The molecule has 3 rings (SSSR count). The molecule has 0 bridgehead atoms. The lowest BCUT2D eigenvalue weighted by Gasteiger charge is -2.25. The summed E-state index contributed by atoms with van der Waals surface area (Å²) in [7, 11) is 0. The first-order valence-electron chi connectivity index (χ1n) is 6.36. The predicted octanol–water partition coefficient (Wildman–Crippen LogP) is 0.867. The molecule has 2 fully saturated rings. The van der Waals surface area contributed by atoms with Crippen LogP contribution < -0.4 is 5.32 Å². The Hall–Kier alpha value is -0.980. The summed E-state index contributed by atoms with van der Waals surface area (Å²) in [6, 6.07) is 0.391. The summed E-state index contributed by atoms with van der Waals surface area (Å²) in [4.78, 5) is 18.5. The molecule has 18 heavy (non-hydrogen) atoms. The van der Waals surface area contributed by atoms with Crippen LogP contribution in [0.5, 0.6) is 0 Å². The number of carbonyl (C=O) groups excluding carboxylic acids is 1. The van der Waals surface area contributed by atoms with Gasteiger partial charge in [0.1, 0.15) is 10.7 Å². The van der Waals surface area contributed by atoms with Gasteiger partial charge in [-0.2, -0.15) is 0 Å². The number of amides is 1. The van der Waals surface area contributed by atoms with Gasteiger partial charge >= 0.3 is 0 Å². The summed E-state index contributed by atoms with van der Waals surface area (Å²) < 4.78 is 5.31. The van der Waals surface area contributed by atoms with Crippen molar-refractivity contribution in [2.24, 2.45) is 0 Å². The minimum Gasteiger partial charge on any atom is -0.379 e. The molecule has 2 heterocycles. The molecule has 1 amide bonds. The van der Waals surface area contributed by atoms with Crippen molar-refractivity contribution >= 4 is 17.2 Å². The van der Waals surface area contributed by atoms with Crippen LogP contribution in [0.15, 0.2) is 5.38 Å². The van der Waals surface area contributed by atoms with Gasteiger partial charge in [0.2, 0.25) is 0 Å². The second kappa shape index (κ2) is 5.34. The number of carbonyl (C=O) groups is 1. The molecule has 1 aliphatic heterocycles. The molecular formula is C12H17N3O2S. The first kappa shape index (κ1) is 12.1. The fourth-order valence-corrected chi connectivity index (χ4v) is 2.74. The molecule has 0 radical (unpaired) electrons. The molecule has 5 nitrogen and oxygen atoms in total. The third-order valence-corrected chi connectivity index (χ3v) is 3.99. The number of rotatable bonds is 4. The van der Waals surface area contributed by atoms with Gasteiger partial charge in [-0.05, 0) is 12.8 Å². The first-order valence-corrected chi connectivity index (χ1v) is 7.24. The fraction of sp³-hybridized carbons (Fsp3) is 0.667. The molecule has 0 unspecified atom stereocenters. The molecule has 2 aliphatic rings. The van der Waals surface area contributed by atoms with E-state index in [0.29, 0.717) is 11.7 Å². The Morgan fingerprint density at radius 3 is 3.00 bits per heavy atom. The van der Waals surface area contributed by atoms with E-state index in [1.165, 1.54) is 0 Å². The average molecular weight is 267 g/mol. The molecule has 1 saturated carbocycles. The maximum Gasteiger partial charge on any atom is 0.270 e. The van der Waals surface area contributed by atoms with Crippen LogP contribution in [0, 0.1) is 0 Å². The van der Waals surface area contributed by atoms with Gasteiger partial charge in [-0.25, -0.2) is 4.98 Å². The van der Waals surface area contributed by atoms with Gasteiger partial charge in [0.25, 0.3) is 5.91 Å². The third-order valence-electron chi connectivity index (χ3n) is 3.16. The highest BCUT2D eigenvalue weighted by Gasteiger charge is 2.25. The van der Waals surface area contributed by atoms with Crippen LogP contribution in [-0.2, 0) is 11.3 Å².